The molecule has 0 spiro atoms. The highest BCUT2D eigenvalue weighted by molar-refractivity contribution is 6.30. The summed E-state index contributed by atoms with van der Waals surface area (Å²) >= 11 is 5.99. The van der Waals surface area contributed by atoms with Crippen molar-refractivity contribution in [2.24, 2.45) is 0 Å². The van der Waals surface area contributed by atoms with Crippen LogP contribution in [0.15, 0.2) is 42.5 Å². The number of hydrogen-bond acceptors (Lipinski definition) is 0. The number of hydrogen-bond donors (Lipinski definition) is 0. The van der Waals surface area contributed by atoms with Gasteiger partial charge in [0.25, 0.3) is 0 Å². The lowest BCUT2D eigenvalue weighted by molar-refractivity contribution is 0.558. The highest BCUT2D eigenvalue weighted by Crippen LogP contribution is 2.29. The molecule has 0 nitrogen and oxygen atoms in total. The minimum atomic E-state index is -0.146. The summed E-state index contributed by atoms with van der Waals surface area (Å²) in [6, 6.07) is 12.9. The lowest BCUT2D eigenvalue weighted by Crippen LogP contribution is -2.15. The van der Waals surface area contributed by atoms with Crippen LogP contribution in [-0.4, -0.2) is 0 Å². The summed E-state index contributed by atoms with van der Waals surface area (Å²) in [6.45, 7) is 6.30. The van der Waals surface area contributed by atoms with Crippen LogP contribution in [0.3, 0.4) is 0 Å². The smallest absolute Gasteiger partial charge is 0.127 e. The average Bonchev–Trinajstić information content (AvgIpc) is 2.30. The molecule has 100 valence electrons. The molecule has 0 amide bonds. The van der Waals surface area contributed by atoms with Crippen molar-refractivity contribution in [3.05, 3.63) is 70.0 Å². The van der Waals surface area contributed by atoms with Gasteiger partial charge in [-0.05, 0) is 40.3 Å². The molecule has 0 radical (unpaired) electrons. The Morgan fingerprint density at radius 1 is 1.05 bits per heavy atom. The molecule has 0 aliphatic carbocycles. The molecule has 0 fully saturated rings. The average molecular weight is 277 g/mol. The van der Waals surface area contributed by atoms with Gasteiger partial charge in [0.1, 0.15) is 5.82 Å². The summed E-state index contributed by atoms with van der Waals surface area (Å²) in [5, 5.41) is 0.686. The highest BCUT2D eigenvalue weighted by Gasteiger charge is 2.20. The molecule has 0 atom stereocenters. The number of rotatable bonds is 2. The molecule has 19 heavy (non-hydrogen) atoms. The van der Waals surface area contributed by atoms with E-state index in [4.69, 9.17) is 11.6 Å². The number of halogens is 2. The van der Waals surface area contributed by atoms with Crippen LogP contribution < -0.4 is 0 Å². The van der Waals surface area contributed by atoms with Crippen molar-refractivity contribution in [3.8, 4) is 0 Å². The quantitative estimate of drug-likeness (QED) is 0.692. The van der Waals surface area contributed by atoms with Gasteiger partial charge in [-0.15, -0.1) is 0 Å². The Morgan fingerprint density at radius 2 is 1.74 bits per heavy atom. The third-order valence-electron chi connectivity index (χ3n) is 3.20. The first kappa shape index (κ1) is 14.1. The zero-order valence-corrected chi connectivity index (χ0v) is 12.3. The Hall–Kier alpha value is -1.34. The topological polar surface area (TPSA) is 0 Å². The SMILES string of the molecule is CC(C)(C)c1cccc(F)c1Cc1cccc(Cl)c1. The van der Waals surface area contributed by atoms with Crippen molar-refractivity contribution in [1.29, 1.82) is 0 Å². The lowest BCUT2D eigenvalue weighted by atomic mass is 9.82. The largest absolute Gasteiger partial charge is 0.207 e. The van der Waals surface area contributed by atoms with E-state index in [9.17, 15) is 4.39 Å². The minimum Gasteiger partial charge on any atom is -0.207 e. The van der Waals surface area contributed by atoms with E-state index in [2.05, 4.69) is 20.8 Å². The molecule has 0 heterocycles. The van der Waals surface area contributed by atoms with Crippen LogP contribution in [0.4, 0.5) is 4.39 Å². The van der Waals surface area contributed by atoms with E-state index >= 15 is 0 Å². The molecule has 2 heteroatoms. The Balaban J connectivity index is 2.45. The Morgan fingerprint density at radius 3 is 2.37 bits per heavy atom. The molecular weight excluding hydrogens is 259 g/mol. The molecule has 0 saturated heterocycles. The molecule has 0 aliphatic rings. The van der Waals surface area contributed by atoms with Gasteiger partial charge < -0.3 is 0 Å². The van der Waals surface area contributed by atoms with E-state index in [-0.39, 0.29) is 11.2 Å². The van der Waals surface area contributed by atoms with Crippen LogP contribution in [0, 0.1) is 5.82 Å². The lowest BCUT2D eigenvalue weighted by Gasteiger charge is -2.23. The van der Waals surface area contributed by atoms with Gasteiger partial charge in [0, 0.05) is 11.4 Å². The second kappa shape index (κ2) is 5.34. The van der Waals surface area contributed by atoms with E-state index < -0.39 is 0 Å². The Bertz CT molecular complexity index is 582. The van der Waals surface area contributed by atoms with E-state index in [1.165, 1.54) is 6.07 Å². The minimum absolute atomic E-state index is 0.0734. The van der Waals surface area contributed by atoms with Gasteiger partial charge in [0.05, 0.1) is 0 Å². The molecule has 2 aromatic rings. The van der Waals surface area contributed by atoms with E-state index in [1.807, 2.05) is 30.3 Å². The fourth-order valence-corrected chi connectivity index (χ4v) is 2.50. The third-order valence-corrected chi connectivity index (χ3v) is 3.43. The van der Waals surface area contributed by atoms with Gasteiger partial charge in [-0.25, -0.2) is 4.39 Å². The maximum absolute atomic E-state index is 14.1. The Labute approximate surface area is 119 Å². The second-order valence-electron chi connectivity index (χ2n) is 5.82. The van der Waals surface area contributed by atoms with Crippen molar-refractivity contribution in [2.75, 3.05) is 0 Å². The molecular formula is C17H18ClF. The fourth-order valence-electron chi connectivity index (χ4n) is 2.29. The summed E-state index contributed by atoms with van der Waals surface area (Å²) in [5.41, 5.74) is 2.77. The summed E-state index contributed by atoms with van der Waals surface area (Å²) < 4.78 is 14.1. The first-order valence-corrected chi connectivity index (χ1v) is 6.78. The maximum Gasteiger partial charge on any atom is 0.127 e. The third kappa shape index (κ3) is 3.36. The van der Waals surface area contributed by atoms with Crippen molar-refractivity contribution >= 4 is 11.6 Å². The van der Waals surface area contributed by atoms with Crippen molar-refractivity contribution in [2.45, 2.75) is 32.6 Å². The van der Waals surface area contributed by atoms with Crippen LogP contribution in [-0.2, 0) is 11.8 Å². The van der Waals surface area contributed by atoms with Crippen molar-refractivity contribution in [3.63, 3.8) is 0 Å². The molecule has 2 rings (SSSR count). The zero-order chi connectivity index (χ0) is 14.0. The van der Waals surface area contributed by atoms with E-state index in [1.54, 1.807) is 6.07 Å². The molecule has 0 bridgehead atoms. The predicted molar refractivity (Wildman–Crippen MR) is 79.4 cm³/mol. The molecule has 0 N–H and O–H groups in total. The first-order chi connectivity index (χ1) is 8.88. The van der Waals surface area contributed by atoms with Gasteiger partial charge in [-0.2, -0.15) is 0 Å². The normalized spacial score (nSPS) is 11.6. The van der Waals surface area contributed by atoms with Gasteiger partial charge >= 0.3 is 0 Å². The van der Waals surface area contributed by atoms with Gasteiger partial charge in [-0.1, -0.05) is 56.6 Å². The zero-order valence-electron chi connectivity index (χ0n) is 11.5. The Kier molecular flexibility index (Phi) is 3.96. The van der Waals surface area contributed by atoms with Crippen LogP contribution >= 0.6 is 11.6 Å². The number of benzene rings is 2. The van der Waals surface area contributed by atoms with E-state index in [0.717, 1.165) is 16.7 Å². The fraction of sp³-hybridized carbons (Fsp3) is 0.294. The molecule has 0 saturated carbocycles. The molecule has 0 unspecified atom stereocenters. The maximum atomic E-state index is 14.1. The molecule has 0 aliphatic heterocycles. The van der Waals surface area contributed by atoms with E-state index in [0.29, 0.717) is 11.4 Å². The highest BCUT2D eigenvalue weighted by atomic mass is 35.5. The van der Waals surface area contributed by atoms with Gasteiger partial charge in [0.2, 0.25) is 0 Å². The van der Waals surface area contributed by atoms with Gasteiger partial charge in [-0.3, -0.25) is 0 Å². The summed E-state index contributed by atoms with van der Waals surface area (Å²) in [6.07, 6.45) is 0.569. The van der Waals surface area contributed by atoms with Crippen LogP contribution in [0.5, 0.6) is 0 Å². The van der Waals surface area contributed by atoms with Gasteiger partial charge in [0.15, 0.2) is 0 Å². The van der Waals surface area contributed by atoms with Crippen molar-refractivity contribution in [1.82, 2.24) is 0 Å². The van der Waals surface area contributed by atoms with Crippen LogP contribution in [0.1, 0.15) is 37.5 Å². The monoisotopic (exact) mass is 276 g/mol. The predicted octanol–water partition coefficient (Wildman–Crippen LogP) is 5.37. The summed E-state index contributed by atoms with van der Waals surface area (Å²) in [4.78, 5) is 0. The van der Waals surface area contributed by atoms with Crippen LogP contribution in [0.25, 0.3) is 0 Å². The molecule has 0 aromatic heterocycles. The standard InChI is InChI=1S/C17H18ClF/c1-17(2,3)15-8-5-9-16(19)14(15)11-12-6-4-7-13(18)10-12/h4-10H,11H2,1-3H3. The first-order valence-electron chi connectivity index (χ1n) is 6.40. The molecule has 2 aromatic carbocycles. The summed E-state index contributed by atoms with van der Waals surface area (Å²) in [7, 11) is 0. The van der Waals surface area contributed by atoms with Crippen LogP contribution in [0.2, 0.25) is 5.02 Å². The summed E-state index contributed by atoms with van der Waals surface area (Å²) in [5.74, 6) is -0.146. The second-order valence-corrected chi connectivity index (χ2v) is 6.26. The van der Waals surface area contributed by atoms with Crippen molar-refractivity contribution < 1.29 is 4.39 Å².